The molecular weight excluding hydrogens is 228 g/mol. The van der Waals surface area contributed by atoms with Gasteiger partial charge in [-0.25, -0.2) is 9.97 Å². The van der Waals surface area contributed by atoms with E-state index < -0.39 is 0 Å². The molecule has 0 N–H and O–H groups in total. The highest BCUT2D eigenvalue weighted by atomic mass is 35.5. The summed E-state index contributed by atoms with van der Waals surface area (Å²) >= 11 is 8.00. The fraction of sp³-hybridized carbons (Fsp3) is 0.636. The Morgan fingerprint density at radius 1 is 1.27 bits per heavy atom. The van der Waals surface area contributed by atoms with Crippen molar-refractivity contribution in [1.82, 2.24) is 9.97 Å². The highest BCUT2D eigenvalue weighted by Gasteiger charge is 2.16. The number of thioether (sulfide) groups is 1. The fourth-order valence-electron chi connectivity index (χ4n) is 1.85. The molecule has 0 bridgehead atoms. The van der Waals surface area contributed by atoms with E-state index >= 15 is 0 Å². The lowest BCUT2D eigenvalue weighted by Gasteiger charge is -2.16. The highest BCUT2D eigenvalue weighted by Crippen LogP contribution is 2.25. The van der Waals surface area contributed by atoms with Gasteiger partial charge in [-0.05, 0) is 31.4 Å². The van der Waals surface area contributed by atoms with Gasteiger partial charge in [-0.1, -0.05) is 18.5 Å². The summed E-state index contributed by atoms with van der Waals surface area (Å²) < 4.78 is 0. The van der Waals surface area contributed by atoms with Crippen LogP contribution < -0.4 is 0 Å². The predicted molar refractivity (Wildman–Crippen MR) is 65.5 cm³/mol. The van der Waals surface area contributed by atoms with Crippen molar-refractivity contribution >= 4 is 23.4 Å². The summed E-state index contributed by atoms with van der Waals surface area (Å²) in [6.45, 7) is 2.14. The van der Waals surface area contributed by atoms with Crippen LogP contribution >= 0.6 is 23.4 Å². The molecule has 0 spiro atoms. The molecule has 0 aromatic carbocycles. The van der Waals surface area contributed by atoms with Gasteiger partial charge in [0.25, 0.3) is 0 Å². The quantitative estimate of drug-likeness (QED) is 0.761. The topological polar surface area (TPSA) is 25.8 Å². The number of fused-ring (bicyclic) bond motifs is 1. The van der Waals surface area contributed by atoms with Gasteiger partial charge in [0.05, 0.1) is 5.75 Å². The van der Waals surface area contributed by atoms with E-state index in [0.717, 1.165) is 30.2 Å². The van der Waals surface area contributed by atoms with Crippen LogP contribution in [0.25, 0.3) is 0 Å². The first-order valence-electron chi connectivity index (χ1n) is 5.43. The van der Waals surface area contributed by atoms with Crippen LogP contribution in [-0.2, 0) is 18.6 Å². The van der Waals surface area contributed by atoms with E-state index in [2.05, 4.69) is 16.9 Å². The summed E-state index contributed by atoms with van der Waals surface area (Å²) in [5.74, 6) is 2.87. The van der Waals surface area contributed by atoms with E-state index in [1.807, 2.05) is 11.8 Å². The molecule has 1 aliphatic carbocycles. The molecule has 0 radical (unpaired) electrons. The van der Waals surface area contributed by atoms with Crippen LogP contribution in [0.5, 0.6) is 0 Å². The SMILES string of the molecule is CCSCc1nc(Cl)c2c(n1)CCCC2. The van der Waals surface area contributed by atoms with Crippen LogP contribution in [0.4, 0.5) is 0 Å². The maximum absolute atomic E-state index is 6.17. The zero-order chi connectivity index (χ0) is 10.7. The second-order valence-corrected chi connectivity index (χ2v) is 5.33. The Hall–Kier alpha value is -0.280. The van der Waals surface area contributed by atoms with Gasteiger partial charge < -0.3 is 0 Å². The van der Waals surface area contributed by atoms with Gasteiger partial charge in [0.1, 0.15) is 11.0 Å². The van der Waals surface area contributed by atoms with Crippen molar-refractivity contribution in [1.29, 1.82) is 0 Å². The second-order valence-electron chi connectivity index (χ2n) is 3.70. The third-order valence-electron chi connectivity index (χ3n) is 2.61. The van der Waals surface area contributed by atoms with Crippen LogP contribution in [0.1, 0.15) is 36.8 Å². The molecule has 4 heteroatoms. The molecule has 0 aliphatic heterocycles. The number of aromatic nitrogens is 2. The minimum Gasteiger partial charge on any atom is -0.237 e. The van der Waals surface area contributed by atoms with Gasteiger partial charge in [0.15, 0.2) is 0 Å². The first-order chi connectivity index (χ1) is 7.31. The second kappa shape index (κ2) is 5.17. The average Bonchev–Trinajstić information content (AvgIpc) is 2.26. The molecule has 0 amide bonds. The highest BCUT2D eigenvalue weighted by molar-refractivity contribution is 7.98. The fourth-order valence-corrected chi connectivity index (χ4v) is 2.67. The molecule has 0 saturated heterocycles. The van der Waals surface area contributed by atoms with Gasteiger partial charge >= 0.3 is 0 Å². The Morgan fingerprint density at radius 3 is 2.87 bits per heavy atom. The Bertz CT molecular complexity index is 355. The molecule has 0 unspecified atom stereocenters. The Kier molecular flexibility index (Phi) is 3.87. The van der Waals surface area contributed by atoms with E-state index in [0.29, 0.717) is 5.15 Å². The Balaban J connectivity index is 2.24. The minimum absolute atomic E-state index is 0.686. The minimum atomic E-state index is 0.686. The molecule has 15 heavy (non-hydrogen) atoms. The zero-order valence-electron chi connectivity index (χ0n) is 8.92. The maximum Gasteiger partial charge on any atom is 0.140 e. The lowest BCUT2D eigenvalue weighted by atomic mass is 9.97. The third-order valence-corrected chi connectivity index (χ3v) is 3.80. The van der Waals surface area contributed by atoms with Gasteiger partial charge in [-0.15, -0.1) is 0 Å². The molecule has 0 atom stereocenters. The first-order valence-corrected chi connectivity index (χ1v) is 6.96. The number of halogens is 1. The number of hydrogen-bond acceptors (Lipinski definition) is 3. The lowest BCUT2D eigenvalue weighted by Crippen LogP contribution is -2.10. The molecule has 1 aromatic heterocycles. The molecule has 2 nitrogen and oxygen atoms in total. The van der Waals surface area contributed by atoms with Crippen molar-refractivity contribution in [2.75, 3.05) is 5.75 Å². The van der Waals surface area contributed by atoms with E-state index in [-0.39, 0.29) is 0 Å². The summed E-state index contributed by atoms with van der Waals surface area (Å²) in [5.41, 5.74) is 2.38. The van der Waals surface area contributed by atoms with Gasteiger partial charge in [0, 0.05) is 11.3 Å². The summed E-state index contributed by atoms with van der Waals surface area (Å²) in [4.78, 5) is 8.95. The molecule has 1 heterocycles. The van der Waals surface area contributed by atoms with Crippen molar-refractivity contribution in [3.8, 4) is 0 Å². The van der Waals surface area contributed by atoms with Crippen molar-refractivity contribution < 1.29 is 0 Å². The summed E-state index contributed by atoms with van der Waals surface area (Å²) in [5, 5.41) is 0.686. The van der Waals surface area contributed by atoms with Crippen LogP contribution in [-0.4, -0.2) is 15.7 Å². The first kappa shape index (κ1) is 11.2. The number of hydrogen-bond donors (Lipinski definition) is 0. The number of aryl methyl sites for hydroxylation is 1. The van der Waals surface area contributed by atoms with Gasteiger partial charge in [-0.3, -0.25) is 0 Å². The molecule has 1 aromatic rings. The summed E-state index contributed by atoms with van der Waals surface area (Å²) in [6, 6.07) is 0. The molecule has 0 saturated carbocycles. The van der Waals surface area contributed by atoms with Crippen LogP contribution in [0.2, 0.25) is 5.15 Å². The van der Waals surface area contributed by atoms with E-state index in [9.17, 15) is 0 Å². The van der Waals surface area contributed by atoms with E-state index in [1.165, 1.54) is 24.1 Å². The number of nitrogens with zero attached hydrogens (tertiary/aromatic N) is 2. The molecule has 0 fully saturated rings. The van der Waals surface area contributed by atoms with Crippen LogP contribution in [0, 0.1) is 0 Å². The van der Waals surface area contributed by atoms with Crippen molar-refractivity contribution in [3.63, 3.8) is 0 Å². The predicted octanol–water partition coefficient (Wildman–Crippen LogP) is 3.26. The molecule has 2 rings (SSSR count). The lowest BCUT2D eigenvalue weighted by molar-refractivity contribution is 0.657. The van der Waals surface area contributed by atoms with E-state index in [1.54, 1.807) is 0 Å². The number of rotatable bonds is 3. The largest absolute Gasteiger partial charge is 0.237 e. The van der Waals surface area contributed by atoms with Crippen LogP contribution in [0.3, 0.4) is 0 Å². The van der Waals surface area contributed by atoms with Crippen molar-refractivity contribution in [3.05, 3.63) is 22.2 Å². The molecule has 82 valence electrons. The molecule has 1 aliphatic rings. The van der Waals surface area contributed by atoms with Crippen molar-refractivity contribution in [2.24, 2.45) is 0 Å². The summed E-state index contributed by atoms with van der Waals surface area (Å²) in [6.07, 6.45) is 4.58. The third kappa shape index (κ3) is 2.64. The Labute approximate surface area is 99.8 Å². The average molecular weight is 243 g/mol. The zero-order valence-corrected chi connectivity index (χ0v) is 10.5. The van der Waals surface area contributed by atoms with Crippen molar-refractivity contribution in [2.45, 2.75) is 38.4 Å². The standard InChI is InChI=1S/C11H15ClN2S/c1-2-15-7-10-13-9-6-4-3-5-8(9)11(12)14-10/h2-7H2,1H3. The summed E-state index contributed by atoms with van der Waals surface area (Å²) in [7, 11) is 0. The smallest absolute Gasteiger partial charge is 0.140 e. The van der Waals surface area contributed by atoms with Crippen LogP contribution in [0.15, 0.2) is 0 Å². The normalized spacial score (nSPS) is 15.1. The molecular formula is C11H15ClN2S. The monoisotopic (exact) mass is 242 g/mol. The van der Waals surface area contributed by atoms with Gasteiger partial charge in [-0.2, -0.15) is 11.8 Å². The van der Waals surface area contributed by atoms with E-state index in [4.69, 9.17) is 11.6 Å². The Morgan fingerprint density at radius 2 is 2.07 bits per heavy atom. The van der Waals surface area contributed by atoms with Gasteiger partial charge in [0.2, 0.25) is 0 Å². The maximum atomic E-state index is 6.17.